The summed E-state index contributed by atoms with van der Waals surface area (Å²) in [4.78, 5) is 10.7. The van der Waals surface area contributed by atoms with Crippen LogP contribution in [0.15, 0.2) is 24.4 Å². The maximum atomic E-state index is 14.5. The number of nitrogens with zero attached hydrogens (tertiary/aromatic N) is 4. The van der Waals surface area contributed by atoms with E-state index in [1.807, 2.05) is 13.0 Å². The number of pyridine rings is 2. The van der Waals surface area contributed by atoms with Crippen molar-refractivity contribution in [1.29, 1.82) is 5.26 Å². The van der Waals surface area contributed by atoms with Crippen molar-refractivity contribution in [1.82, 2.24) is 14.9 Å². The third-order valence-electron chi connectivity index (χ3n) is 5.09. The quantitative estimate of drug-likeness (QED) is 0.802. The van der Waals surface area contributed by atoms with Crippen LogP contribution in [0.1, 0.15) is 37.1 Å². The van der Waals surface area contributed by atoms with E-state index < -0.39 is 0 Å². The number of likely N-dealkylation sites (tertiary alicyclic amines) is 1. The predicted molar refractivity (Wildman–Crippen MR) is 97.8 cm³/mol. The third kappa shape index (κ3) is 3.85. The SMILES string of the molecule is CC(c1nc2c(cc1F)OCCO2)N1CCC(Oc2ccc(C#N)cn2)CC1. The maximum Gasteiger partial charge on any atom is 0.257 e. The fraction of sp³-hybridized carbons (Fsp3) is 0.450. The van der Waals surface area contributed by atoms with Gasteiger partial charge >= 0.3 is 0 Å². The van der Waals surface area contributed by atoms with Gasteiger partial charge in [-0.3, -0.25) is 4.90 Å². The molecule has 0 saturated carbocycles. The second kappa shape index (κ2) is 7.98. The van der Waals surface area contributed by atoms with E-state index in [1.165, 1.54) is 12.3 Å². The van der Waals surface area contributed by atoms with E-state index in [2.05, 4.69) is 14.9 Å². The number of fused-ring (bicyclic) bond motifs is 1. The lowest BCUT2D eigenvalue weighted by atomic mass is 10.0. The number of nitriles is 1. The number of halogens is 1. The number of ether oxygens (including phenoxy) is 3. The number of rotatable bonds is 4. The summed E-state index contributed by atoms with van der Waals surface area (Å²) in [5.41, 5.74) is 0.877. The molecule has 2 aliphatic rings. The Labute approximate surface area is 162 Å². The van der Waals surface area contributed by atoms with Crippen molar-refractivity contribution >= 4 is 0 Å². The summed E-state index contributed by atoms with van der Waals surface area (Å²) in [7, 11) is 0. The summed E-state index contributed by atoms with van der Waals surface area (Å²) in [6.07, 6.45) is 3.15. The number of aromatic nitrogens is 2. The van der Waals surface area contributed by atoms with Crippen molar-refractivity contribution in [2.24, 2.45) is 0 Å². The van der Waals surface area contributed by atoms with Gasteiger partial charge in [0.05, 0.1) is 17.3 Å². The minimum atomic E-state index is -0.378. The Hall–Kier alpha value is -2.92. The summed E-state index contributed by atoms with van der Waals surface area (Å²) in [5.74, 6) is 0.864. The van der Waals surface area contributed by atoms with E-state index in [0.717, 1.165) is 25.9 Å². The average molecular weight is 384 g/mol. The fourth-order valence-electron chi connectivity index (χ4n) is 3.50. The summed E-state index contributed by atoms with van der Waals surface area (Å²) >= 11 is 0. The fourth-order valence-corrected chi connectivity index (χ4v) is 3.50. The zero-order chi connectivity index (χ0) is 19.5. The molecular weight excluding hydrogens is 363 g/mol. The summed E-state index contributed by atoms with van der Waals surface area (Å²) in [6.45, 7) is 4.30. The van der Waals surface area contributed by atoms with Crippen LogP contribution in [-0.4, -0.2) is 47.3 Å². The van der Waals surface area contributed by atoms with Gasteiger partial charge in [0, 0.05) is 31.4 Å². The molecule has 0 radical (unpaired) electrons. The molecule has 0 aliphatic carbocycles. The molecular formula is C20H21FN4O3. The minimum Gasteiger partial charge on any atom is -0.484 e. The van der Waals surface area contributed by atoms with Crippen LogP contribution in [0.25, 0.3) is 0 Å². The first-order chi connectivity index (χ1) is 13.6. The monoisotopic (exact) mass is 384 g/mol. The molecule has 1 fully saturated rings. The van der Waals surface area contributed by atoms with E-state index in [9.17, 15) is 4.39 Å². The Kier molecular flexibility index (Phi) is 5.26. The van der Waals surface area contributed by atoms with Gasteiger partial charge in [-0.15, -0.1) is 0 Å². The number of hydrogen-bond acceptors (Lipinski definition) is 7. The summed E-state index contributed by atoms with van der Waals surface area (Å²) in [6, 6.07) is 6.62. The lowest BCUT2D eigenvalue weighted by molar-refractivity contribution is 0.0741. The topological polar surface area (TPSA) is 80.5 Å². The van der Waals surface area contributed by atoms with Gasteiger partial charge < -0.3 is 14.2 Å². The number of piperidine rings is 1. The van der Waals surface area contributed by atoms with Crippen LogP contribution in [-0.2, 0) is 0 Å². The Morgan fingerprint density at radius 2 is 2.07 bits per heavy atom. The lowest BCUT2D eigenvalue weighted by Crippen LogP contribution is -2.40. The van der Waals surface area contributed by atoms with E-state index in [1.54, 1.807) is 12.1 Å². The standard InChI is InChI=1S/C20H21FN4O3/c1-13(19-16(21)10-17-20(24-19)27-9-8-26-17)25-6-4-15(5-7-25)28-18-3-2-14(11-22)12-23-18/h2-3,10,12-13,15H,4-9H2,1H3. The second-order valence-electron chi connectivity index (χ2n) is 6.88. The Morgan fingerprint density at radius 1 is 1.29 bits per heavy atom. The zero-order valence-corrected chi connectivity index (χ0v) is 15.6. The molecule has 4 rings (SSSR count). The van der Waals surface area contributed by atoms with Crippen molar-refractivity contribution in [2.75, 3.05) is 26.3 Å². The summed E-state index contributed by atoms with van der Waals surface area (Å²) < 4.78 is 31.3. The molecule has 0 spiro atoms. The van der Waals surface area contributed by atoms with Crippen molar-refractivity contribution < 1.29 is 18.6 Å². The molecule has 1 atom stereocenters. The van der Waals surface area contributed by atoms with E-state index in [4.69, 9.17) is 19.5 Å². The smallest absolute Gasteiger partial charge is 0.257 e. The van der Waals surface area contributed by atoms with Crippen LogP contribution >= 0.6 is 0 Å². The predicted octanol–water partition coefficient (Wildman–Crippen LogP) is 2.86. The highest BCUT2D eigenvalue weighted by atomic mass is 19.1. The molecule has 2 aromatic rings. The van der Waals surface area contributed by atoms with E-state index >= 15 is 0 Å². The van der Waals surface area contributed by atoms with E-state index in [0.29, 0.717) is 42.0 Å². The zero-order valence-electron chi connectivity index (χ0n) is 15.6. The molecule has 8 heteroatoms. The van der Waals surface area contributed by atoms with Crippen molar-refractivity contribution in [3.8, 4) is 23.6 Å². The van der Waals surface area contributed by atoms with Gasteiger partial charge in [-0.1, -0.05) is 0 Å². The van der Waals surface area contributed by atoms with Crippen LogP contribution in [0.5, 0.6) is 17.5 Å². The Morgan fingerprint density at radius 3 is 2.79 bits per heavy atom. The summed E-state index contributed by atoms with van der Waals surface area (Å²) in [5, 5.41) is 8.83. The highest BCUT2D eigenvalue weighted by Gasteiger charge is 2.29. The van der Waals surface area contributed by atoms with Crippen molar-refractivity contribution in [3.05, 3.63) is 41.5 Å². The lowest BCUT2D eigenvalue weighted by Gasteiger charge is -2.35. The van der Waals surface area contributed by atoms with Crippen LogP contribution in [0, 0.1) is 17.1 Å². The normalized spacial score (nSPS) is 18.3. The van der Waals surface area contributed by atoms with Crippen LogP contribution < -0.4 is 14.2 Å². The first-order valence-electron chi connectivity index (χ1n) is 9.37. The molecule has 1 saturated heterocycles. The average Bonchev–Trinajstić information content (AvgIpc) is 2.74. The molecule has 28 heavy (non-hydrogen) atoms. The first kappa shape index (κ1) is 18.4. The molecule has 2 aliphatic heterocycles. The highest BCUT2D eigenvalue weighted by molar-refractivity contribution is 5.37. The van der Waals surface area contributed by atoms with Gasteiger partial charge in [0.25, 0.3) is 5.88 Å². The van der Waals surface area contributed by atoms with Gasteiger partial charge in [0.2, 0.25) is 5.88 Å². The molecule has 146 valence electrons. The van der Waals surface area contributed by atoms with Crippen LogP contribution in [0.2, 0.25) is 0 Å². The second-order valence-corrected chi connectivity index (χ2v) is 6.88. The highest BCUT2D eigenvalue weighted by Crippen LogP contribution is 2.34. The molecule has 2 aromatic heterocycles. The molecule has 0 amide bonds. The Bertz CT molecular complexity index is 876. The van der Waals surface area contributed by atoms with Crippen LogP contribution in [0.3, 0.4) is 0 Å². The molecule has 1 unspecified atom stereocenters. The van der Waals surface area contributed by atoms with Gasteiger partial charge in [0.1, 0.15) is 31.2 Å². The number of hydrogen-bond donors (Lipinski definition) is 0. The third-order valence-corrected chi connectivity index (χ3v) is 5.09. The largest absolute Gasteiger partial charge is 0.484 e. The van der Waals surface area contributed by atoms with Gasteiger partial charge in [-0.2, -0.15) is 5.26 Å². The first-order valence-corrected chi connectivity index (χ1v) is 9.37. The molecule has 4 heterocycles. The van der Waals surface area contributed by atoms with Gasteiger partial charge in [-0.25, -0.2) is 14.4 Å². The van der Waals surface area contributed by atoms with Crippen molar-refractivity contribution in [3.63, 3.8) is 0 Å². The molecule has 0 bridgehead atoms. The molecule has 0 N–H and O–H groups in total. The molecule has 7 nitrogen and oxygen atoms in total. The van der Waals surface area contributed by atoms with E-state index in [-0.39, 0.29) is 18.0 Å². The van der Waals surface area contributed by atoms with Gasteiger partial charge in [0.15, 0.2) is 5.75 Å². The van der Waals surface area contributed by atoms with Gasteiger partial charge in [-0.05, 0) is 25.8 Å². The van der Waals surface area contributed by atoms with Crippen LogP contribution in [0.4, 0.5) is 4.39 Å². The Balaban J connectivity index is 1.37. The minimum absolute atomic E-state index is 0.0435. The van der Waals surface area contributed by atoms with Crippen molar-refractivity contribution in [2.45, 2.75) is 31.9 Å². The maximum absolute atomic E-state index is 14.5. The molecule has 0 aromatic carbocycles.